The number of rotatable bonds is 7. The zero-order valence-corrected chi connectivity index (χ0v) is 19.0. The molecule has 0 aliphatic heterocycles. The molecule has 1 N–H and O–H groups in total. The van der Waals surface area contributed by atoms with Crippen LogP contribution in [0.2, 0.25) is 0 Å². The molecule has 0 aliphatic carbocycles. The first-order valence-corrected chi connectivity index (χ1v) is 11.2. The number of alkyl halides is 3. The maximum Gasteiger partial charge on any atom is 0.416 e. The predicted molar refractivity (Wildman–Crippen MR) is 130 cm³/mol. The molecule has 0 atom stereocenters. The molecule has 4 aromatic rings. The Morgan fingerprint density at radius 3 is 1.81 bits per heavy atom. The van der Waals surface area contributed by atoms with E-state index in [0.29, 0.717) is 11.1 Å². The highest BCUT2D eigenvalue weighted by atomic mass is 19.4. The normalized spacial score (nSPS) is 11.2. The quantitative estimate of drug-likeness (QED) is 0.304. The third-order valence-corrected chi connectivity index (χ3v) is 5.58. The van der Waals surface area contributed by atoms with Gasteiger partial charge >= 0.3 is 12.1 Å². The summed E-state index contributed by atoms with van der Waals surface area (Å²) in [5, 5.41) is 2.90. The molecule has 0 bridgehead atoms. The molecule has 0 saturated carbocycles. The molecule has 4 nitrogen and oxygen atoms in total. The van der Waals surface area contributed by atoms with Crippen LogP contribution in [0.3, 0.4) is 0 Å². The van der Waals surface area contributed by atoms with E-state index in [1.807, 2.05) is 60.7 Å². The summed E-state index contributed by atoms with van der Waals surface area (Å²) >= 11 is 0. The van der Waals surface area contributed by atoms with E-state index >= 15 is 0 Å². The van der Waals surface area contributed by atoms with Crippen molar-refractivity contribution in [3.63, 3.8) is 0 Å². The van der Waals surface area contributed by atoms with Crippen molar-refractivity contribution in [2.45, 2.75) is 12.2 Å². The van der Waals surface area contributed by atoms with Crippen molar-refractivity contribution in [2.75, 3.05) is 6.61 Å². The first-order valence-electron chi connectivity index (χ1n) is 11.2. The van der Waals surface area contributed by atoms with Crippen molar-refractivity contribution in [1.29, 1.82) is 0 Å². The monoisotopic (exact) mass is 489 g/mol. The van der Waals surface area contributed by atoms with Crippen molar-refractivity contribution in [3.8, 4) is 11.1 Å². The SMILES string of the molecule is O=C(COC(=O)c1ccccc1-c1ccc(C(F)(F)F)cc1)NC(c1ccccc1)c1ccccc1. The van der Waals surface area contributed by atoms with Gasteiger partial charge in [-0.05, 0) is 40.5 Å². The smallest absolute Gasteiger partial charge is 0.416 e. The lowest BCUT2D eigenvalue weighted by atomic mass is 9.98. The Morgan fingerprint density at radius 2 is 1.25 bits per heavy atom. The molecule has 0 fully saturated rings. The van der Waals surface area contributed by atoms with Crippen LogP contribution in [0.25, 0.3) is 11.1 Å². The number of hydrogen-bond acceptors (Lipinski definition) is 3. The van der Waals surface area contributed by atoms with Gasteiger partial charge in [-0.15, -0.1) is 0 Å². The molecule has 7 heteroatoms. The standard InChI is InChI=1S/C29H22F3NO3/c30-29(31,32)23-17-15-20(16-18-23)24-13-7-8-14-25(24)28(35)36-19-26(34)33-27(21-9-3-1-4-10-21)22-11-5-2-6-12-22/h1-18,27H,19H2,(H,33,34). The molecule has 0 aliphatic rings. The lowest BCUT2D eigenvalue weighted by molar-refractivity contribution is -0.137. The zero-order valence-electron chi connectivity index (χ0n) is 19.0. The molecule has 0 spiro atoms. The highest BCUT2D eigenvalue weighted by molar-refractivity contribution is 5.98. The average Bonchev–Trinajstić information content (AvgIpc) is 2.91. The van der Waals surface area contributed by atoms with Crippen LogP contribution in [0.1, 0.15) is 33.1 Å². The van der Waals surface area contributed by atoms with Crippen molar-refractivity contribution in [1.82, 2.24) is 5.32 Å². The molecular formula is C29H22F3NO3. The van der Waals surface area contributed by atoms with E-state index in [4.69, 9.17) is 4.74 Å². The number of carbonyl (C=O) groups is 2. The van der Waals surface area contributed by atoms with Crippen LogP contribution in [-0.2, 0) is 15.7 Å². The van der Waals surface area contributed by atoms with Crippen molar-refractivity contribution in [2.24, 2.45) is 0 Å². The largest absolute Gasteiger partial charge is 0.452 e. The minimum atomic E-state index is -4.46. The number of carbonyl (C=O) groups excluding carboxylic acids is 2. The minimum absolute atomic E-state index is 0.146. The molecule has 0 aromatic heterocycles. The Hall–Kier alpha value is -4.39. The van der Waals surface area contributed by atoms with Gasteiger partial charge in [-0.3, -0.25) is 4.79 Å². The minimum Gasteiger partial charge on any atom is -0.452 e. The van der Waals surface area contributed by atoms with Gasteiger partial charge < -0.3 is 10.1 Å². The van der Waals surface area contributed by atoms with Gasteiger partial charge in [0.2, 0.25) is 0 Å². The van der Waals surface area contributed by atoms with E-state index in [1.54, 1.807) is 18.2 Å². The molecule has 4 rings (SSSR count). The van der Waals surface area contributed by atoms with Gasteiger partial charge in [0, 0.05) is 0 Å². The van der Waals surface area contributed by atoms with Crippen LogP contribution in [0.5, 0.6) is 0 Å². The van der Waals surface area contributed by atoms with Crippen LogP contribution in [-0.4, -0.2) is 18.5 Å². The van der Waals surface area contributed by atoms with Gasteiger partial charge in [0.25, 0.3) is 5.91 Å². The number of hydrogen-bond donors (Lipinski definition) is 1. The van der Waals surface area contributed by atoms with Gasteiger partial charge in [-0.2, -0.15) is 13.2 Å². The second-order valence-corrected chi connectivity index (χ2v) is 8.02. The first kappa shape index (κ1) is 24.7. The van der Waals surface area contributed by atoms with Gasteiger partial charge in [0.05, 0.1) is 17.2 Å². The molecule has 0 heterocycles. The highest BCUT2D eigenvalue weighted by Crippen LogP contribution is 2.32. The summed E-state index contributed by atoms with van der Waals surface area (Å²) in [6.45, 7) is -0.518. The zero-order chi connectivity index (χ0) is 25.5. The third kappa shape index (κ3) is 5.99. The van der Waals surface area contributed by atoms with Crippen molar-refractivity contribution >= 4 is 11.9 Å². The van der Waals surface area contributed by atoms with Crippen molar-refractivity contribution in [3.05, 3.63) is 131 Å². The van der Waals surface area contributed by atoms with Crippen LogP contribution in [0, 0.1) is 0 Å². The van der Waals surface area contributed by atoms with E-state index in [1.165, 1.54) is 18.2 Å². The predicted octanol–water partition coefficient (Wildman–Crippen LogP) is 6.44. The number of esters is 1. The third-order valence-electron chi connectivity index (χ3n) is 5.58. The lowest BCUT2D eigenvalue weighted by Crippen LogP contribution is -2.33. The van der Waals surface area contributed by atoms with E-state index in [-0.39, 0.29) is 5.56 Å². The summed E-state index contributed by atoms with van der Waals surface area (Å²) in [5.41, 5.74) is 1.94. The Morgan fingerprint density at radius 1 is 0.722 bits per heavy atom. The molecular weight excluding hydrogens is 467 g/mol. The fourth-order valence-electron chi connectivity index (χ4n) is 3.81. The van der Waals surface area contributed by atoms with Crippen molar-refractivity contribution < 1.29 is 27.5 Å². The number of amides is 1. The Balaban J connectivity index is 1.47. The fourth-order valence-corrected chi connectivity index (χ4v) is 3.81. The second-order valence-electron chi connectivity index (χ2n) is 8.02. The maximum atomic E-state index is 12.9. The molecule has 0 radical (unpaired) electrons. The Kier molecular flexibility index (Phi) is 7.49. The Labute approximate surface area is 206 Å². The molecule has 4 aromatic carbocycles. The van der Waals surface area contributed by atoms with E-state index in [2.05, 4.69) is 5.32 Å². The number of ether oxygens (including phenoxy) is 1. The van der Waals surface area contributed by atoms with Gasteiger partial charge in [-0.1, -0.05) is 91.0 Å². The topological polar surface area (TPSA) is 55.4 Å². The van der Waals surface area contributed by atoms with E-state index < -0.39 is 36.3 Å². The summed E-state index contributed by atoms with van der Waals surface area (Å²) in [5.74, 6) is -1.25. The molecule has 0 saturated heterocycles. The average molecular weight is 489 g/mol. The van der Waals surface area contributed by atoms with Gasteiger partial charge in [0.1, 0.15) is 0 Å². The highest BCUT2D eigenvalue weighted by Gasteiger charge is 2.30. The Bertz CT molecular complexity index is 1280. The number of nitrogens with one attached hydrogen (secondary N) is 1. The number of benzene rings is 4. The maximum absolute atomic E-state index is 12.9. The molecule has 182 valence electrons. The molecule has 0 unspecified atom stereocenters. The molecule has 1 amide bonds. The van der Waals surface area contributed by atoms with Gasteiger partial charge in [-0.25, -0.2) is 4.79 Å². The fraction of sp³-hybridized carbons (Fsp3) is 0.103. The summed E-state index contributed by atoms with van der Waals surface area (Å²) < 4.78 is 44.0. The summed E-state index contributed by atoms with van der Waals surface area (Å²) in [6.07, 6.45) is -4.46. The van der Waals surface area contributed by atoms with Crippen LogP contribution in [0.15, 0.2) is 109 Å². The van der Waals surface area contributed by atoms with E-state index in [0.717, 1.165) is 23.3 Å². The lowest BCUT2D eigenvalue weighted by Gasteiger charge is -2.20. The summed E-state index contributed by atoms with van der Waals surface area (Å²) in [6, 6.07) is 29.3. The second kappa shape index (κ2) is 10.9. The van der Waals surface area contributed by atoms with Crippen LogP contribution < -0.4 is 5.32 Å². The van der Waals surface area contributed by atoms with Crippen LogP contribution in [0.4, 0.5) is 13.2 Å². The molecule has 36 heavy (non-hydrogen) atoms. The summed E-state index contributed by atoms with van der Waals surface area (Å²) in [7, 11) is 0. The van der Waals surface area contributed by atoms with Crippen LogP contribution >= 0.6 is 0 Å². The first-order chi connectivity index (χ1) is 17.3. The summed E-state index contributed by atoms with van der Waals surface area (Å²) in [4.78, 5) is 25.5. The van der Waals surface area contributed by atoms with E-state index in [9.17, 15) is 22.8 Å². The number of halogens is 3. The van der Waals surface area contributed by atoms with Gasteiger partial charge in [0.15, 0.2) is 6.61 Å².